The zero-order chi connectivity index (χ0) is 14.7. The van der Waals surface area contributed by atoms with Gasteiger partial charge in [0.25, 0.3) is 5.91 Å². The van der Waals surface area contributed by atoms with Crippen molar-refractivity contribution in [1.29, 1.82) is 0 Å². The van der Waals surface area contributed by atoms with Gasteiger partial charge in [0.15, 0.2) is 5.13 Å². The minimum Gasteiger partial charge on any atom is -0.394 e. The number of aromatic nitrogens is 1. The molecule has 112 valence electrons. The highest BCUT2D eigenvalue weighted by Gasteiger charge is 2.30. The van der Waals surface area contributed by atoms with Crippen molar-refractivity contribution in [3.8, 4) is 0 Å². The number of ether oxygens (including phenoxy) is 1. The number of thiazole rings is 1. The Morgan fingerprint density at radius 2 is 2.40 bits per heavy atom. The Kier molecular flexibility index (Phi) is 4.79. The van der Waals surface area contributed by atoms with Crippen LogP contribution in [0, 0.1) is 0 Å². The van der Waals surface area contributed by atoms with Gasteiger partial charge in [0.2, 0.25) is 0 Å². The van der Waals surface area contributed by atoms with Crippen LogP contribution in [0.5, 0.6) is 0 Å². The van der Waals surface area contributed by atoms with Crippen LogP contribution in [-0.2, 0) is 4.74 Å². The molecule has 2 rings (SSSR count). The lowest BCUT2D eigenvalue weighted by molar-refractivity contribution is -0.0857. The average molecular weight is 300 g/mol. The van der Waals surface area contributed by atoms with Gasteiger partial charge in [0, 0.05) is 19.6 Å². The molecule has 4 N–H and O–H groups in total. The summed E-state index contributed by atoms with van der Waals surface area (Å²) in [5.74, 6) is 0.0911. The fourth-order valence-electron chi connectivity index (χ4n) is 2.17. The lowest BCUT2D eigenvalue weighted by atomic mass is 10.2. The van der Waals surface area contributed by atoms with Gasteiger partial charge in [-0.2, -0.15) is 0 Å². The van der Waals surface area contributed by atoms with Crippen molar-refractivity contribution in [2.45, 2.75) is 26.1 Å². The van der Waals surface area contributed by atoms with E-state index in [4.69, 9.17) is 10.5 Å². The number of nitrogens with zero attached hydrogens (tertiary/aromatic N) is 2. The summed E-state index contributed by atoms with van der Waals surface area (Å²) < 4.78 is 5.53. The van der Waals surface area contributed by atoms with E-state index in [0.29, 0.717) is 23.1 Å². The number of nitrogens with one attached hydrogen (secondary N) is 1. The van der Waals surface area contributed by atoms with E-state index in [1.165, 1.54) is 11.3 Å². The number of hydrogen-bond donors (Lipinski definition) is 3. The first-order valence-corrected chi connectivity index (χ1v) is 7.42. The van der Waals surface area contributed by atoms with E-state index in [2.05, 4.69) is 10.3 Å². The van der Waals surface area contributed by atoms with Crippen LogP contribution < -0.4 is 11.1 Å². The normalized spacial score (nSPS) is 22.9. The number of rotatable bonds is 4. The molecule has 2 unspecified atom stereocenters. The summed E-state index contributed by atoms with van der Waals surface area (Å²) in [5, 5.41) is 12.9. The van der Waals surface area contributed by atoms with Crippen molar-refractivity contribution < 1.29 is 14.6 Å². The van der Waals surface area contributed by atoms with Crippen LogP contribution in [0.15, 0.2) is 0 Å². The summed E-state index contributed by atoms with van der Waals surface area (Å²) in [7, 11) is 0. The van der Waals surface area contributed by atoms with E-state index in [-0.39, 0.29) is 30.5 Å². The van der Waals surface area contributed by atoms with E-state index < -0.39 is 0 Å². The monoisotopic (exact) mass is 300 g/mol. The van der Waals surface area contributed by atoms with Crippen LogP contribution in [-0.4, -0.2) is 59.3 Å². The molecule has 7 nitrogen and oxygen atoms in total. The quantitative estimate of drug-likeness (QED) is 0.743. The molecule has 1 saturated heterocycles. The van der Waals surface area contributed by atoms with E-state index in [9.17, 15) is 9.90 Å². The number of hydrogen-bond acceptors (Lipinski definition) is 7. The molecule has 1 aromatic rings. The van der Waals surface area contributed by atoms with Gasteiger partial charge in [-0.1, -0.05) is 11.3 Å². The number of nitrogens with two attached hydrogens (primary N) is 1. The number of amides is 1. The maximum Gasteiger partial charge on any atom is 0.268 e. The summed E-state index contributed by atoms with van der Waals surface area (Å²) in [4.78, 5) is 18.7. The highest BCUT2D eigenvalue weighted by molar-refractivity contribution is 7.18. The smallest absolute Gasteiger partial charge is 0.268 e. The predicted molar refractivity (Wildman–Crippen MR) is 78.0 cm³/mol. The molecule has 1 fully saturated rings. The molecule has 2 heterocycles. The van der Waals surface area contributed by atoms with Gasteiger partial charge in [-0.25, -0.2) is 4.98 Å². The number of aliphatic hydroxyl groups excluding tert-OH is 1. The van der Waals surface area contributed by atoms with Gasteiger partial charge in [0.05, 0.1) is 18.8 Å². The van der Waals surface area contributed by atoms with Crippen LogP contribution in [0.3, 0.4) is 0 Å². The fourth-order valence-corrected chi connectivity index (χ4v) is 3.09. The second kappa shape index (κ2) is 6.38. The molecule has 20 heavy (non-hydrogen) atoms. The Bertz CT molecular complexity index is 479. The molecule has 0 radical (unpaired) electrons. The first-order chi connectivity index (χ1) is 9.55. The highest BCUT2D eigenvalue weighted by Crippen LogP contribution is 2.27. The topological polar surface area (TPSA) is 101 Å². The molecule has 8 heteroatoms. The number of morpholine rings is 1. The molecule has 0 bridgehead atoms. The molecular weight excluding hydrogens is 280 g/mol. The van der Waals surface area contributed by atoms with Gasteiger partial charge in [-0.15, -0.1) is 0 Å². The van der Waals surface area contributed by atoms with Gasteiger partial charge in [0.1, 0.15) is 10.7 Å². The number of carbonyl (C=O) groups is 1. The number of anilines is 2. The molecule has 0 aromatic carbocycles. The van der Waals surface area contributed by atoms with Crippen molar-refractivity contribution in [2.24, 2.45) is 0 Å². The minimum absolute atomic E-state index is 0.102. The van der Waals surface area contributed by atoms with Crippen LogP contribution in [0.1, 0.15) is 23.5 Å². The maximum absolute atomic E-state index is 12.5. The predicted octanol–water partition coefficient (Wildman–Crippen LogP) is 0.379. The van der Waals surface area contributed by atoms with Crippen molar-refractivity contribution >= 4 is 28.2 Å². The highest BCUT2D eigenvalue weighted by atomic mass is 32.1. The Morgan fingerprint density at radius 1 is 1.65 bits per heavy atom. The van der Waals surface area contributed by atoms with E-state index in [0.717, 1.165) is 6.54 Å². The molecule has 1 aliphatic rings. The lowest BCUT2D eigenvalue weighted by Gasteiger charge is -2.35. The minimum atomic E-state index is -0.343. The SMILES string of the molecule is CCNc1nc(N)c(C(=O)N2CC(C)OC(CO)C2)s1. The molecule has 0 saturated carbocycles. The third-order valence-corrected chi connectivity index (χ3v) is 4.01. The van der Waals surface area contributed by atoms with Crippen molar-refractivity contribution in [1.82, 2.24) is 9.88 Å². The Morgan fingerprint density at radius 3 is 3.05 bits per heavy atom. The molecule has 0 aliphatic carbocycles. The number of carbonyl (C=O) groups excluding carboxylic acids is 1. The summed E-state index contributed by atoms with van der Waals surface area (Å²) in [5.41, 5.74) is 5.81. The number of aliphatic hydroxyl groups is 1. The molecule has 1 aromatic heterocycles. The first-order valence-electron chi connectivity index (χ1n) is 6.60. The second-order valence-corrected chi connectivity index (χ2v) is 5.72. The lowest BCUT2D eigenvalue weighted by Crippen LogP contribution is -2.50. The summed E-state index contributed by atoms with van der Waals surface area (Å²) in [6.45, 7) is 5.31. The van der Waals surface area contributed by atoms with Gasteiger partial charge in [-0.05, 0) is 13.8 Å². The zero-order valence-electron chi connectivity index (χ0n) is 11.6. The van der Waals surface area contributed by atoms with Crippen LogP contribution in [0.25, 0.3) is 0 Å². The third-order valence-electron chi connectivity index (χ3n) is 2.99. The first kappa shape index (κ1) is 15.0. The van der Waals surface area contributed by atoms with Crippen LogP contribution in [0.4, 0.5) is 10.9 Å². The van der Waals surface area contributed by atoms with Crippen LogP contribution >= 0.6 is 11.3 Å². The Balaban J connectivity index is 2.13. The molecule has 1 aliphatic heterocycles. The summed E-state index contributed by atoms with van der Waals surface area (Å²) >= 11 is 1.25. The van der Waals surface area contributed by atoms with Gasteiger partial charge >= 0.3 is 0 Å². The molecule has 1 amide bonds. The second-order valence-electron chi connectivity index (χ2n) is 4.73. The Labute approximate surface area is 121 Å². The van der Waals surface area contributed by atoms with Gasteiger partial charge in [-0.3, -0.25) is 4.79 Å². The standard InChI is InChI=1S/C12H20N4O3S/c1-3-14-12-15-10(13)9(20-12)11(18)16-4-7(2)19-8(5-16)6-17/h7-8,17H,3-6,13H2,1-2H3,(H,14,15). The Hall–Kier alpha value is -1.38. The third kappa shape index (κ3) is 3.20. The van der Waals surface area contributed by atoms with E-state index in [1.807, 2.05) is 13.8 Å². The van der Waals surface area contributed by atoms with Crippen molar-refractivity contribution in [3.63, 3.8) is 0 Å². The average Bonchev–Trinajstić information content (AvgIpc) is 2.78. The van der Waals surface area contributed by atoms with Crippen LogP contribution in [0.2, 0.25) is 0 Å². The van der Waals surface area contributed by atoms with E-state index >= 15 is 0 Å². The molecule has 0 spiro atoms. The van der Waals surface area contributed by atoms with E-state index in [1.54, 1.807) is 4.90 Å². The summed E-state index contributed by atoms with van der Waals surface area (Å²) in [6, 6.07) is 0. The van der Waals surface area contributed by atoms with Gasteiger partial charge < -0.3 is 25.8 Å². The molecule has 2 atom stereocenters. The number of nitrogen functional groups attached to an aromatic ring is 1. The van der Waals surface area contributed by atoms with Crippen molar-refractivity contribution in [3.05, 3.63) is 4.88 Å². The van der Waals surface area contributed by atoms with Crippen molar-refractivity contribution in [2.75, 3.05) is 37.3 Å². The fraction of sp³-hybridized carbons (Fsp3) is 0.667. The largest absolute Gasteiger partial charge is 0.394 e. The summed E-state index contributed by atoms with van der Waals surface area (Å²) in [6.07, 6.45) is -0.447. The zero-order valence-corrected chi connectivity index (χ0v) is 12.4. The molecular formula is C12H20N4O3S. The maximum atomic E-state index is 12.5.